The molecule has 63 heavy (non-hydrogen) atoms. The molecule has 0 N–H and O–H groups in total. The van der Waals surface area contributed by atoms with Crippen LogP contribution < -0.4 is 4.90 Å². The number of hydrogen-bond acceptors (Lipinski definition) is 2. The lowest BCUT2D eigenvalue weighted by molar-refractivity contribution is 0.660. The summed E-state index contributed by atoms with van der Waals surface area (Å²) in [5.41, 5.74) is 13.6. The van der Waals surface area contributed by atoms with Crippen LogP contribution in [0.15, 0.2) is 212 Å². The van der Waals surface area contributed by atoms with Gasteiger partial charge in [-0.3, -0.25) is 0 Å². The Hall–Kier alpha value is -7.52. The summed E-state index contributed by atoms with van der Waals surface area (Å²) < 4.78 is 2.64. The molecule has 1 heterocycles. The molecule has 1 aliphatic rings. The minimum atomic E-state index is -0.125. The molecule has 13 rings (SSSR count). The van der Waals surface area contributed by atoms with E-state index in [0.717, 1.165) is 17.1 Å². The predicted molar refractivity (Wildman–Crippen MR) is 272 cm³/mol. The van der Waals surface area contributed by atoms with Gasteiger partial charge in [0.25, 0.3) is 0 Å². The Morgan fingerprint density at radius 2 is 0.889 bits per heavy atom. The molecule has 0 fully saturated rings. The molecule has 11 aromatic carbocycles. The highest BCUT2D eigenvalue weighted by atomic mass is 32.1. The molecule has 0 atom stereocenters. The quantitative estimate of drug-likeness (QED) is 0.156. The molecular weight excluding hydrogens is 779 g/mol. The van der Waals surface area contributed by atoms with Gasteiger partial charge in [-0.05, 0) is 131 Å². The molecule has 1 aromatic heterocycles. The first kappa shape index (κ1) is 36.2. The first-order valence-corrected chi connectivity index (χ1v) is 22.7. The average molecular weight is 820 g/mol. The van der Waals surface area contributed by atoms with E-state index in [1.165, 1.54) is 108 Å². The Kier molecular flexibility index (Phi) is 7.89. The smallest absolute Gasteiger partial charge is 0.0468 e. The number of nitrogens with zero attached hydrogens (tertiary/aromatic N) is 1. The van der Waals surface area contributed by atoms with Crippen molar-refractivity contribution in [2.75, 3.05) is 4.90 Å². The van der Waals surface area contributed by atoms with E-state index in [-0.39, 0.29) is 5.41 Å². The highest BCUT2D eigenvalue weighted by Crippen LogP contribution is 2.52. The van der Waals surface area contributed by atoms with E-state index in [9.17, 15) is 0 Å². The molecule has 12 aromatic rings. The maximum absolute atomic E-state index is 2.46. The van der Waals surface area contributed by atoms with Gasteiger partial charge in [0.05, 0.1) is 0 Å². The van der Waals surface area contributed by atoms with Gasteiger partial charge < -0.3 is 4.90 Å². The minimum absolute atomic E-state index is 0.125. The van der Waals surface area contributed by atoms with Crippen molar-refractivity contribution in [3.05, 3.63) is 223 Å². The largest absolute Gasteiger partial charge is 0.310 e. The van der Waals surface area contributed by atoms with Gasteiger partial charge in [-0.15, -0.1) is 11.3 Å². The third-order valence-electron chi connectivity index (χ3n) is 13.8. The van der Waals surface area contributed by atoms with Crippen LogP contribution in [0, 0.1) is 0 Å². The molecule has 296 valence electrons. The Labute approximate surface area is 370 Å². The lowest BCUT2D eigenvalue weighted by Crippen LogP contribution is -2.16. The normalized spacial score (nSPS) is 13.0. The molecule has 0 aliphatic heterocycles. The zero-order valence-corrected chi connectivity index (χ0v) is 35.9. The van der Waals surface area contributed by atoms with E-state index < -0.39 is 0 Å². The van der Waals surface area contributed by atoms with Crippen LogP contribution in [0.1, 0.15) is 25.0 Å². The van der Waals surface area contributed by atoms with Crippen LogP contribution >= 0.6 is 11.3 Å². The number of hydrogen-bond donors (Lipinski definition) is 0. The SMILES string of the molecule is CC1(C)c2ccccc2-c2ccc(N(c3ccc(-c4ccc5c(sc6ccccc65)c4-c4ccc5ccccc5c4)cc3)c3ccc4c5ccccc5c5ccccc5c4c3)cc21. The molecule has 1 aliphatic carbocycles. The van der Waals surface area contributed by atoms with Crippen molar-refractivity contribution in [1.29, 1.82) is 0 Å². The first-order valence-electron chi connectivity index (χ1n) is 21.9. The van der Waals surface area contributed by atoms with E-state index >= 15 is 0 Å². The zero-order valence-electron chi connectivity index (χ0n) is 35.1. The maximum atomic E-state index is 2.46. The van der Waals surface area contributed by atoms with Gasteiger partial charge in [-0.1, -0.05) is 178 Å². The number of benzene rings is 11. The number of fused-ring (bicyclic) bond motifs is 13. The average Bonchev–Trinajstić information content (AvgIpc) is 3.83. The van der Waals surface area contributed by atoms with Crippen LogP contribution in [-0.2, 0) is 5.41 Å². The van der Waals surface area contributed by atoms with E-state index in [1.54, 1.807) is 0 Å². The van der Waals surface area contributed by atoms with Crippen molar-refractivity contribution >= 4 is 91.7 Å². The molecule has 0 saturated carbocycles. The van der Waals surface area contributed by atoms with Gasteiger partial charge in [0, 0.05) is 48.2 Å². The molecule has 0 radical (unpaired) electrons. The number of rotatable bonds is 5. The fourth-order valence-electron chi connectivity index (χ4n) is 10.8. The third kappa shape index (κ3) is 5.48. The van der Waals surface area contributed by atoms with Crippen LogP contribution in [0.2, 0.25) is 0 Å². The Morgan fingerprint density at radius 1 is 0.349 bits per heavy atom. The van der Waals surface area contributed by atoms with E-state index in [1.807, 2.05) is 11.3 Å². The molecule has 0 bridgehead atoms. The van der Waals surface area contributed by atoms with Gasteiger partial charge in [0.15, 0.2) is 0 Å². The molecule has 1 nitrogen and oxygen atoms in total. The lowest BCUT2D eigenvalue weighted by Gasteiger charge is -2.29. The lowest BCUT2D eigenvalue weighted by atomic mass is 9.82. The summed E-state index contributed by atoms with van der Waals surface area (Å²) in [5, 5.41) is 12.8. The first-order chi connectivity index (χ1) is 31.0. The van der Waals surface area contributed by atoms with Crippen LogP contribution in [0.5, 0.6) is 0 Å². The van der Waals surface area contributed by atoms with Crippen molar-refractivity contribution in [1.82, 2.24) is 0 Å². The molecule has 0 saturated heterocycles. The second-order valence-electron chi connectivity index (χ2n) is 17.6. The van der Waals surface area contributed by atoms with Crippen LogP contribution in [-0.4, -0.2) is 0 Å². The van der Waals surface area contributed by atoms with Crippen molar-refractivity contribution < 1.29 is 0 Å². The summed E-state index contributed by atoms with van der Waals surface area (Å²) in [4.78, 5) is 2.46. The molecule has 0 spiro atoms. The summed E-state index contributed by atoms with van der Waals surface area (Å²) in [5.74, 6) is 0. The number of thiophene rings is 1. The van der Waals surface area contributed by atoms with Crippen LogP contribution in [0.3, 0.4) is 0 Å². The molecule has 0 unspecified atom stereocenters. The van der Waals surface area contributed by atoms with Gasteiger partial charge in [0.2, 0.25) is 0 Å². The topological polar surface area (TPSA) is 3.24 Å². The monoisotopic (exact) mass is 819 g/mol. The van der Waals surface area contributed by atoms with Gasteiger partial charge in [0.1, 0.15) is 0 Å². The highest BCUT2D eigenvalue weighted by Gasteiger charge is 2.36. The van der Waals surface area contributed by atoms with Crippen molar-refractivity contribution in [2.45, 2.75) is 19.3 Å². The Bertz CT molecular complexity index is 3800. The van der Waals surface area contributed by atoms with Crippen molar-refractivity contribution in [3.63, 3.8) is 0 Å². The summed E-state index contributed by atoms with van der Waals surface area (Å²) in [6.07, 6.45) is 0. The Balaban J connectivity index is 1.01. The Morgan fingerprint density at radius 3 is 1.67 bits per heavy atom. The van der Waals surface area contributed by atoms with Gasteiger partial charge in [-0.2, -0.15) is 0 Å². The predicted octanol–water partition coefficient (Wildman–Crippen LogP) is 17.8. The van der Waals surface area contributed by atoms with E-state index in [2.05, 4.69) is 231 Å². The summed E-state index contributed by atoms with van der Waals surface area (Å²) in [6.45, 7) is 4.74. The molecular formula is C61H41NS. The van der Waals surface area contributed by atoms with Gasteiger partial charge in [-0.25, -0.2) is 0 Å². The zero-order chi connectivity index (χ0) is 41.8. The molecule has 2 heteroatoms. The van der Waals surface area contributed by atoms with Crippen molar-refractivity contribution in [3.8, 4) is 33.4 Å². The maximum Gasteiger partial charge on any atom is 0.0468 e. The summed E-state index contributed by atoms with van der Waals surface area (Å²) in [6, 6.07) is 79.3. The number of anilines is 3. The fourth-order valence-corrected chi connectivity index (χ4v) is 12.0. The highest BCUT2D eigenvalue weighted by molar-refractivity contribution is 7.26. The van der Waals surface area contributed by atoms with Crippen LogP contribution in [0.25, 0.3) is 96.6 Å². The molecule has 0 amide bonds. The second-order valence-corrected chi connectivity index (χ2v) is 18.7. The minimum Gasteiger partial charge on any atom is -0.310 e. The van der Waals surface area contributed by atoms with E-state index in [0.29, 0.717) is 0 Å². The fraction of sp³-hybridized carbons (Fsp3) is 0.0492. The van der Waals surface area contributed by atoms with Crippen LogP contribution in [0.4, 0.5) is 17.1 Å². The van der Waals surface area contributed by atoms with Crippen molar-refractivity contribution in [2.24, 2.45) is 0 Å². The third-order valence-corrected chi connectivity index (χ3v) is 15.0. The standard InChI is InChI=1S/C61H41NS/c1-61(2)56-21-11-9-19-51(56)52-32-30-44(37-57(52)61)62(43-29-31-50-48-17-6-5-15-46(48)47-16-7-8-18-49(47)55(50)36-43)42-27-25-39(26-28-42)45-33-34-54-53-20-10-12-22-58(53)63-60(54)59(45)41-24-23-38-13-3-4-14-40(38)35-41/h3-37H,1-2H3. The second kappa shape index (κ2) is 13.7. The summed E-state index contributed by atoms with van der Waals surface area (Å²) >= 11 is 1.90. The summed E-state index contributed by atoms with van der Waals surface area (Å²) in [7, 11) is 0. The van der Waals surface area contributed by atoms with Gasteiger partial charge >= 0.3 is 0 Å². The van der Waals surface area contributed by atoms with E-state index in [4.69, 9.17) is 0 Å².